The van der Waals surface area contributed by atoms with Crippen molar-refractivity contribution in [1.29, 1.82) is 0 Å². The number of quaternary nitrogens is 1. The van der Waals surface area contributed by atoms with Gasteiger partial charge in [-0.05, 0) is 0 Å². The van der Waals surface area contributed by atoms with Crippen LogP contribution in [0.15, 0.2) is 0 Å². The molecule has 0 spiro atoms. The first kappa shape index (κ1) is 38.5. The molecule has 1 atom stereocenters. The summed E-state index contributed by atoms with van der Waals surface area (Å²) < 4.78 is 282. The van der Waals surface area contributed by atoms with Gasteiger partial charge in [-0.3, -0.25) is 4.55 Å². The van der Waals surface area contributed by atoms with Crippen molar-refractivity contribution in [3.05, 3.63) is 0 Å². The molecule has 242 valence electrons. The molecule has 2 N–H and O–H groups in total. The third kappa shape index (κ3) is 6.15. The summed E-state index contributed by atoms with van der Waals surface area (Å²) in [6.45, 7) is -1.57. The Kier molecular flexibility index (Phi) is 9.67. The Morgan fingerprint density at radius 2 is 0.900 bits per heavy atom. The van der Waals surface area contributed by atoms with Gasteiger partial charge >= 0.3 is 63.7 Å². The molecule has 0 aliphatic carbocycles. The highest BCUT2D eigenvalue weighted by atomic mass is 32.2. The highest BCUT2D eigenvalue weighted by molar-refractivity contribution is 7.85. The molecule has 0 aliphatic heterocycles. The van der Waals surface area contributed by atoms with Gasteiger partial charge in [0, 0.05) is 6.42 Å². The molecule has 0 aliphatic rings. The SMILES string of the molecule is C[N+](C)(CC(O)CC(F)(F)C(F)(F)C(F)(F)C(F)(F)C(F)(F)C(F)(F)C(F)(C(F)(F)F)C(F)(F)F)CS(=O)(=O)O. The predicted octanol–water partition coefficient (Wildman–Crippen LogP) is 5.30. The van der Waals surface area contributed by atoms with Crippen molar-refractivity contribution in [3.63, 3.8) is 0 Å². The Morgan fingerprint density at radius 3 is 1.20 bits per heavy atom. The van der Waals surface area contributed by atoms with Crippen LogP contribution in [0.3, 0.4) is 0 Å². The first-order valence-corrected chi connectivity index (χ1v) is 11.0. The second-order valence-corrected chi connectivity index (χ2v) is 10.3. The van der Waals surface area contributed by atoms with Crippen molar-refractivity contribution in [1.82, 2.24) is 0 Å². The van der Waals surface area contributed by atoms with Crippen LogP contribution in [0, 0.1) is 0 Å². The molecule has 0 aromatic heterocycles. The minimum atomic E-state index is -9.14. The standard InChI is InChI=1S/C15H14F19NO4S/c1-35(2,5-40(37,38)39)4-6(36)3-7(16,17)9(19,20)11(23,24)13(27,28)12(25,26)10(21,22)8(18,14(29,30)31)15(32,33)34/h6,36H,3-5H2,1-2H3/p+1. The van der Waals surface area contributed by atoms with Crippen molar-refractivity contribution in [2.24, 2.45) is 0 Å². The highest BCUT2D eigenvalue weighted by Crippen LogP contribution is 2.66. The minimum absolute atomic E-state index is 0.628. The van der Waals surface area contributed by atoms with Gasteiger partial charge in [0.15, 0.2) is 0 Å². The molecule has 25 heteroatoms. The van der Waals surface area contributed by atoms with Gasteiger partial charge in [0.2, 0.25) is 5.88 Å². The number of likely N-dealkylation sites (N-methyl/N-ethyl adjacent to an activating group) is 1. The number of alkyl halides is 19. The first-order valence-electron chi connectivity index (χ1n) is 9.35. The Balaban J connectivity index is 6.77. The smallest absolute Gasteiger partial charge is 0.387 e. The molecule has 1 unspecified atom stereocenters. The van der Waals surface area contributed by atoms with Crippen LogP contribution in [0.25, 0.3) is 0 Å². The second-order valence-electron chi connectivity index (χ2n) is 8.92. The van der Waals surface area contributed by atoms with Crippen LogP contribution >= 0.6 is 0 Å². The van der Waals surface area contributed by atoms with Crippen LogP contribution in [0.4, 0.5) is 83.4 Å². The van der Waals surface area contributed by atoms with E-state index in [0.29, 0.717) is 14.1 Å². The summed E-state index contributed by atoms with van der Waals surface area (Å²) in [5, 5.41) is 9.42. The van der Waals surface area contributed by atoms with E-state index in [4.69, 9.17) is 4.55 Å². The summed E-state index contributed by atoms with van der Waals surface area (Å²) >= 11 is 0. The van der Waals surface area contributed by atoms with Gasteiger partial charge in [0.1, 0.15) is 12.6 Å². The Labute approximate surface area is 209 Å². The van der Waals surface area contributed by atoms with Gasteiger partial charge in [-0.15, -0.1) is 0 Å². The number of aliphatic hydroxyl groups is 1. The lowest BCUT2D eigenvalue weighted by Crippen LogP contribution is -2.77. The summed E-state index contributed by atoms with van der Waals surface area (Å²) in [4.78, 5) is 0. The third-order valence-electron chi connectivity index (χ3n) is 4.96. The fourth-order valence-corrected chi connectivity index (χ4v) is 4.10. The molecule has 0 saturated carbocycles. The van der Waals surface area contributed by atoms with Gasteiger partial charge < -0.3 is 9.59 Å². The van der Waals surface area contributed by atoms with Crippen LogP contribution in [0.5, 0.6) is 0 Å². The molecule has 0 heterocycles. The van der Waals surface area contributed by atoms with Crippen molar-refractivity contribution in [2.75, 3.05) is 26.5 Å². The maximum atomic E-state index is 13.9. The topological polar surface area (TPSA) is 74.6 Å². The van der Waals surface area contributed by atoms with Gasteiger partial charge in [-0.25, -0.2) is 4.39 Å². The number of rotatable bonds is 12. The van der Waals surface area contributed by atoms with Gasteiger partial charge in [0.25, 0.3) is 0 Å². The zero-order valence-electron chi connectivity index (χ0n) is 18.9. The molecule has 0 radical (unpaired) electrons. The number of halogens is 19. The van der Waals surface area contributed by atoms with Gasteiger partial charge in [0.05, 0.1) is 14.1 Å². The van der Waals surface area contributed by atoms with Crippen molar-refractivity contribution in [3.8, 4) is 0 Å². The van der Waals surface area contributed by atoms with E-state index in [1.807, 2.05) is 0 Å². The Hall–Kier alpha value is -1.50. The predicted molar refractivity (Wildman–Crippen MR) is 89.6 cm³/mol. The minimum Gasteiger partial charge on any atom is -0.387 e. The van der Waals surface area contributed by atoms with Crippen molar-refractivity contribution >= 4 is 10.1 Å². The average molecular weight is 666 g/mol. The zero-order chi connectivity index (χ0) is 33.2. The van der Waals surface area contributed by atoms with Crippen LogP contribution in [-0.4, -0.2) is 109 Å². The largest absolute Gasteiger partial charge is 0.438 e. The summed E-state index contributed by atoms with van der Waals surface area (Å²) in [5.74, 6) is -52.6. The maximum absolute atomic E-state index is 13.9. The molecule has 0 rings (SSSR count). The van der Waals surface area contributed by atoms with E-state index in [-0.39, 0.29) is 0 Å². The average Bonchev–Trinajstić information content (AvgIpc) is 2.61. The lowest BCUT2D eigenvalue weighted by Gasteiger charge is -2.45. The second kappa shape index (κ2) is 10.1. The maximum Gasteiger partial charge on any atom is 0.438 e. The quantitative estimate of drug-likeness (QED) is 0.169. The number of nitrogens with zero attached hydrogens (tertiary/aromatic N) is 1. The molecule has 0 aromatic carbocycles. The van der Waals surface area contributed by atoms with Crippen LogP contribution < -0.4 is 0 Å². The molecule has 5 nitrogen and oxygen atoms in total. The molecule has 40 heavy (non-hydrogen) atoms. The Bertz CT molecular complexity index is 1000. The van der Waals surface area contributed by atoms with E-state index >= 15 is 0 Å². The molecule has 0 aromatic rings. The molecular formula is C15H15F19NO4S+. The molecule has 0 amide bonds. The summed E-state index contributed by atoms with van der Waals surface area (Å²) in [7, 11) is -3.79. The van der Waals surface area contributed by atoms with E-state index < -0.39 is 93.1 Å². The van der Waals surface area contributed by atoms with Crippen LogP contribution in [0.1, 0.15) is 6.42 Å². The van der Waals surface area contributed by atoms with Crippen LogP contribution in [-0.2, 0) is 10.1 Å². The molecule has 0 saturated heterocycles. The number of aliphatic hydroxyl groups excluding tert-OH is 1. The molecule has 0 fully saturated rings. The van der Waals surface area contributed by atoms with E-state index in [1.165, 1.54) is 0 Å². The third-order valence-corrected chi connectivity index (χ3v) is 5.99. The van der Waals surface area contributed by atoms with E-state index in [0.717, 1.165) is 0 Å². The van der Waals surface area contributed by atoms with Gasteiger partial charge in [-0.1, -0.05) is 0 Å². The molecular weight excluding hydrogens is 651 g/mol. The first-order chi connectivity index (χ1) is 16.8. The number of hydrogen-bond acceptors (Lipinski definition) is 3. The van der Waals surface area contributed by atoms with Crippen molar-refractivity contribution in [2.45, 2.75) is 66.1 Å². The fourth-order valence-electron chi connectivity index (χ4n) is 3.11. The summed E-state index contributed by atoms with van der Waals surface area (Å²) in [6, 6.07) is 0. The van der Waals surface area contributed by atoms with Crippen molar-refractivity contribution < 1.29 is 106 Å². The highest BCUT2D eigenvalue weighted by Gasteiger charge is 2.98. The lowest BCUT2D eigenvalue weighted by molar-refractivity contribution is -0.882. The monoisotopic (exact) mass is 666 g/mol. The summed E-state index contributed by atoms with van der Waals surface area (Å²) in [6.07, 6.45) is -23.2. The number of hydrogen-bond donors (Lipinski definition) is 2. The van der Waals surface area contributed by atoms with E-state index in [9.17, 15) is 96.9 Å². The van der Waals surface area contributed by atoms with E-state index in [1.54, 1.807) is 0 Å². The zero-order valence-corrected chi connectivity index (χ0v) is 19.8. The molecule has 0 bridgehead atoms. The lowest BCUT2D eigenvalue weighted by atomic mass is 9.83. The Morgan fingerprint density at radius 1 is 0.600 bits per heavy atom. The van der Waals surface area contributed by atoms with Gasteiger partial charge in [-0.2, -0.15) is 87.4 Å². The fraction of sp³-hybridized carbons (Fsp3) is 1.00. The normalized spacial score (nSPS) is 17.3. The van der Waals surface area contributed by atoms with Crippen LogP contribution in [0.2, 0.25) is 0 Å². The summed E-state index contributed by atoms with van der Waals surface area (Å²) in [5.41, 5.74) is -8.83. The van der Waals surface area contributed by atoms with E-state index in [2.05, 4.69) is 0 Å².